The van der Waals surface area contributed by atoms with Crippen molar-refractivity contribution in [3.8, 4) is 5.75 Å². The minimum absolute atomic E-state index is 0.00694. The maximum Gasteiger partial charge on any atom is 0.154 e. The topological polar surface area (TPSA) is 46.2 Å². The molecule has 3 N–H and O–H groups in total. The molecule has 0 aromatic heterocycles. The average molecular weight is 253 g/mol. The number of rotatable bonds is 0. The number of nitrogen functional groups attached to an aromatic ring is 1. The highest BCUT2D eigenvalue weighted by Crippen LogP contribution is 2.35. The Morgan fingerprint density at radius 3 is 2.33 bits per heavy atom. The monoisotopic (exact) mass is 251 g/mol. The molecule has 12 heavy (non-hydrogen) atoms. The minimum atomic E-state index is -0.00694. The lowest BCUT2D eigenvalue weighted by Crippen LogP contribution is -1.85. The highest BCUT2D eigenvalue weighted by molar-refractivity contribution is 9.10. The van der Waals surface area contributed by atoms with E-state index in [2.05, 4.69) is 15.9 Å². The number of aromatic hydroxyl groups is 1. The standard InChI is InChI=1S/C6H5BrClNO.C2H6/c7-5-3(8)1-2-4(9)6(5)10;1-2/h1-2,10H,9H2;1-2H3. The Labute approximate surface area is 85.5 Å². The van der Waals surface area contributed by atoms with Gasteiger partial charge in [0.15, 0.2) is 5.75 Å². The third-order valence-electron chi connectivity index (χ3n) is 1.10. The molecule has 68 valence electrons. The highest BCUT2D eigenvalue weighted by Gasteiger charge is 2.04. The lowest BCUT2D eigenvalue weighted by Gasteiger charge is -2.01. The summed E-state index contributed by atoms with van der Waals surface area (Å²) in [6.45, 7) is 4.00. The Bertz CT molecular complexity index is 238. The number of phenols is 1. The van der Waals surface area contributed by atoms with Crippen LogP contribution in [0.4, 0.5) is 5.69 Å². The van der Waals surface area contributed by atoms with Crippen LogP contribution in [0.25, 0.3) is 0 Å². The lowest BCUT2D eigenvalue weighted by molar-refractivity contribution is 0.474. The van der Waals surface area contributed by atoms with Crippen LogP contribution in [0.15, 0.2) is 16.6 Å². The zero-order valence-electron chi connectivity index (χ0n) is 6.94. The van der Waals surface area contributed by atoms with Crippen LogP contribution in [0.2, 0.25) is 5.02 Å². The van der Waals surface area contributed by atoms with Crippen LogP contribution in [-0.2, 0) is 0 Å². The first-order valence-corrected chi connectivity index (χ1v) is 4.72. The molecule has 0 fully saturated rings. The van der Waals surface area contributed by atoms with Gasteiger partial charge in [-0.3, -0.25) is 0 Å². The van der Waals surface area contributed by atoms with Crippen molar-refractivity contribution in [1.82, 2.24) is 0 Å². The summed E-state index contributed by atoms with van der Waals surface area (Å²) in [7, 11) is 0. The normalized spacial score (nSPS) is 8.67. The molecule has 0 bridgehead atoms. The molecule has 2 nitrogen and oxygen atoms in total. The molecular weight excluding hydrogens is 241 g/mol. The van der Waals surface area contributed by atoms with Gasteiger partial charge in [-0.2, -0.15) is 0 Å². The van der Waals surface area contributed by atoms with Crippen LogP contribution in [0.3, 0.4) is 0 Å². The van der Waals surface area contributed by atoms with E-state index < -0.39 is 0 Å². The number of benzene rings is 1. The third kappa shape index (κ3) is 2.57. The van der Waals surface area contributed by atoms with Crippen molar-refractivity contribution in [1.29, 1.82) is 0 Å². The van der Waals surface area contributed by atoms with Gasteiger partial charge >= 0.3 is 0 Å². The van der Waals surface area contributed by atoms with Crippen LogP contribution < -0.4 is 5.73 Å². The molecule has 1 aromatic rings. The molecule has 0 saturated heterocycles. The molecule has 0 unspecified atom stereocenters. The van der Waals surface area contributed by atoms with Gasteiger partial charge in [0.05, 0.1) is 15.2 Å². The second-order valence-corrected chi connectivity index (χ2v) is 3.00. The molecule has 0 aliphatic heterocycles. The Morgan fingerprint density at radius 2 is 1.92 bits per heavy atom. The molecule has 0 spiro atoms. The van der Waals surface area contributed by atoms with Crippen molar-refractivity contribution in [2.24, 2.45) is 0 Å². The fraction of sp³-hybridized carbons (Fsp3) is 0.250. The molecule has 4 heteroatoms. The number of halogens is 2. The predicted octanol–water partition coefficient (Wildman–Crippen LogP) is 3.42. The van der Waals surface area contributed by atoms with Gasteiger partial charge in [0, 0.05) is 0 Å². The molecule has 0 aliphatic carbocycles. The van der Waals surface area contributed by atoms with E-state index in [-0.39, 0.29) is 5.75 Å². The Kier molecular flexibility index (Phi) is 5.09. The van der Waals surface area contributed by atoms with E-state index in [0.29, 0.717) is 15.2 Å². The van der Waals surface area contributed by atoms with Gasteiger partial charge in [0.1, 0.15) is 0 Å². The van der Waals surface area contributed by atoms with Crippen molar-refractivity contribution in [3.63, 3.8) is 0 Å². The molecular formula is C8H11BrClNO. The van der Waals surface area contributed by atoms with Crippen LogP contribution in [0.1, 0.15) is 13.8 Å². The maximum absolute atomic E-state index is 9.13. The van der Waals surface area contributed by atoms with Gasteiger partial charge < -0.3 is 10.8 Å². The van der Waals surface area contributed by atoms with Crippen molar-refractivity contribution >= 4 is 33.2 Å². The van der Waals surface area contributed by atoms with Gasteiger partial charge in [0.25, 0.3) is 0 Å². The number of anilines is 1. The smallest absolute Gasteiger partial charge is 0.154 e. The van der Waals surface area contributed by atoms with E-state index >= 15 is 0 Å². The second-order valence-electron chi connectivity index (χ2n) is 1.80. The molecule has 0 aliphatic rings. The van der Waals surface area contributed by atoms with E-state index in [1.54, 1.807) is 12.1 Å². The van der Waals surface area contributed by atoms with E-state index in [4.69, 9.17) is 22.4 Å². The van der Waals surface area contributed by atoms with Gasteiger partial charge in [-0.1, -0.05) is 25.4 Å². The largest absolute Gasteiger partial charge is 0.505 e. The second kappa shape index (κ2) is 5.27. The molecule has 0 radical (unpaired) electrons. The van der Waals surface area contributed by atoms with Crippen LogP contribution in [0.5, 0.6) is 5.75 Å². The summed E-state index contributed by atoms with van der Waals surface area (Å²) >= 11 is 8.69. The molecule has 0 saturated carbocycles. The van der Waals surface area contributed by atoms with E-state index in [1.165, 1.54) is 0 Å². The van der Waals surface area contributed by atoms with E-state index in [0.717, 1.165) is 0 Å². The molecule has 0 heterocycles. The van der Waals surface area contributed by atoms with E-state index in [9.17, 15) is 0 Å². The number of hydrogen-bond donors (Lipinski definition) is 2. The quantitative estimate of drug-likeness (QED) is 0.549. The minimum Gasteiger partial charge on any atom is -0.505 e. The van der Waals surface area contributed by atoms with Gasteiger partial charge in [-0.15, -0.1) is 0 Å². The van der Waals surface area contributed by atoms with Crippen molar-refractivity contribution in [3.05, 3.63) is 21.6 Å². The summed E-state index contributed by atoms with van der Waals surface area (Å²) in [6.07, 6.45) is 0. The molecule has 1 rings (SSSR count). The first-order valence-electron chi connectivity index (χ1n) is 3.55. The zero-order chi connectivity index (χ0) is 9.72. The van der Waals surface area contributed by atoms with Crippen molar-refractivity contribution in [2.45, 2.75) is 13.8 Å². The predicted molar refractivity (Wildman–Crippen MR) is 56.6 cm³/mol. The van der Waals surface area contributed by atoms with Crippen LogP contribution in [0, 0.1) is 0 Å². The fourth-order valence-corrected chi connectivity index (χ4v) is 1.07. The first-order chi connectivity index (χ1) is 5.63. The summed E-state index contributed by atoms with van der Waals surface area (Å²) in [5, 5.41) is 9.58. The summed E-state index contributed by atoms with van der Waals surface area (Å²) in [6, 6.07) is 3.16. The first kappa shape index (κ1) is 11.6. The van der Waals surface area contributed by atoms with Crippen LogP contribution >= 0.6 is 27.5 Å². The molecule has 1 aromatic carbocycles. The van der Waals surface area contributed by atoms with Gasteiger partial charge in [-0.25, -0.2) is 0 Å². The summed E-state index contributed by atoms with van der Waals surface area (Å²) in [5.74, 6) is -0.00694. The summed E-state index contributed by atoms with van der Waals surface area (Å²) in [4.78, 5) is 0. The van der Waals surface area contributed by atoms with Gasteiger partial charge in [0.2, 0.25) is 0 Å². The lowest BCUT2D eigenvalue weighted by atomic mass is 10.3. The fourth-order valence-electron chi connectivity index (χ4n) is 0.555. The Balaban J connectivity index is 0.000000561. The third-order valence-corrected chi connectivity index (χ3v) is 2.45. The summed E-state index contributed by atoms with van der Waals surface area (Å²) < 4.78 is 0.439. The van der Waals surface area contributed by atoms with E-state index in [1.807, 2.05) is 13.8 Å². The number of phenolic OH excluding ortho intramolecular Hbond substituents is 1. The number of hydrogen-bond acceptors (Lipinski definition) is 2. The molecule has 0 amide bonds. The van der Waals surface area contributed by atoms with Crippen molar-refractivity contribution < 1.29 is 5.11 Å². The highest BCUT2D eigenvalue weighted by atomic mass is 79.9. The number of nitrogens with two attached hydrogens (primary N) is 1. The van der Waals surface area contributed by atoms with Crippen LogP contribution in [-0.4, -0.2) is 5.11 Å². The average Bonchev–Trinajstić information content (AvgIpc) is 2.12. The Hall–Kier alpha value is -0.410. The zero-order valence-corrected chi connectivity index (χ0v) is 9.28. The summed E-state index contributed by atoms with van der Waals surface area (Å²) in [5.41, 5.74) is 5.67. The van der Waals surface area contributed by atoms with Crippen molar-refractivity contribution in [2.75, 3.05) is 5.73 Å². The Morgan fingerprint density at radius 1 is 1.42 bits per heavy atom. The maximum atomic E-state index is 9.13. The van der Waals surface area contributed by atoms with Gasteiger partial charge in [-0.05, 0) is 28.1 Å². The molecule has 0 atom stereocenters. The SMILES string of the molecule is CC.Nc1ccc(Cl)c(Br)c1O.